The van der Waals surface area contributed by atoms with Gasteiger partial charge in [-0.05, 0) is 69.4 Å². The third kappa shape index (κ3) is 3.73. The molecular weight excluding hydrogens is 344 g/mol. The maximum absolute atomic E-state index is 12.7. The first kappa shape index (κ1) is 18.7. The number of nitrogens with one attached hydrogen (secondary N) is 1. The van der Waals surface area contributed by atoms with Gasteiger partial charge >= 0.3 is 5.76 Å². The monoisotopic (exact) mass is 368 g/mol. The molecule has 3 rings (SSSR count). The molecule has 2 aromatic carbocycles. The number of oxazole rings is 1. The summed E-state index contributed by atoms with van der Waals surface area (Å²) in [4.78, 5) is 26.8. The highest BCUT2D eigenvalue weighted by atomic mass is 16.4. The van der Waals surface area contributed by atoms with Gasteiger partial charge in [-0.3, -0.25) is 9.36 Å². The van der Waals surface area contributed by atoms with Crippen molar-refractivity contribution in [1.82, 2.24) is 9.47 Å². The highest BCUT2D eigenvalue weighted by Crippen LogP contribution is 2.22. The van der Waals surface area contributed by atoms with Crippen molar-refractivity contribution in [3.05, 3.63) is 57.6 Å². The van der Waals surface area contributed by atoms with Crippen LogP contribution in [0.3, 0.4) is 0 Å². The molecule has 0 aliphatic rings. The number of nitrogens with zero attached hydrogens (tertiary/aromatic N) is 2. The van der Waals surface area contributed by atoms with Crippen molar-refractivity contribution in [2.75, 3.05) is 31.7 Å². The summed E-state index contributed by atoms with van der Waals surface area (Å²) in [6.45, 7) is 4.97. The molecular formula is C20H24N4O3. The Morgan fingerprint density at radius 3 is 2.63 bits per heavy atom. The molecule has 0 aliphatic heterocycles. The van der Waals surface area contributed by atoms with E-state index in [2.05, 4.69) is 5.32 Å². The lowest BCUT2D eigenvalue weighted by atomic mass is 10.0. The number of anilines is 2. The maximum Gasteiger partial charge on any atom is 0.419 e. The fraction of sp³-hybridized carbons (Fsp3) is 0.300. The topological polar surface area (TPSA) is 93.5 Å². The number of likely N-dealkylation sites (N-methyl/N-ethyl adjacent to an activating group) is 1. The molecule has 1 aromatic heterocycles. The van der Waals surface area contributed by atoms with Gasteiger partial charge in [0.15, 0.2) is 5.58 Å². The zero-order chi connectivity index (χ0) is 19.7. The first-order chi connectivity index (χ1) is 12.8. The van der Waals surface area contributed by atoms with Crippen LogP contribution in [0.1, 0.15) is 21.5 Å². The van der Waals surface area contributed by atoms with Gasteiger partial charge in [-0.25, -0.2) is 4.79 Å². The molecule has 0 aliphatic carbocycles. The summed E-state index contributed by atoms with van der Waals surface area (Å²) in [7, 11) is 3.88. The first-order valence-corrected chi connectivity index (χ1v) is 8.73. The minimum atomic E-state index is -0.402. The molecule has 142 valence electrons. The Balaban J connectivity index is 1.91. The Bertz CT molecular complexity index is 1060. The molecule has 27 heavy (non-hydrogen) atoms. The summed E-state index contributed by atoms with van der Waals surface area (Å²) in [5.74, 6) is -0.624. The van der Waals surface area contributed by atoms with Crippen molar-refractivity contribution in [1.29, 1.82) is 0 Å². The lowest BCUT2D eigenvalue weighted by molar-refractivity contribution is 0.102. The lowest BCUT2D eigenvalue weighted by Crippen LogP contribution is -2.23. The molecule has 7 heteroatoms. The second kappa shape index (κ2) is 7.28. The van der Waals surface area contributed by atoms with Crippen LogP contribution in [0.15, 0.2) is 39.5 Å². The average molecular weight is 368 g/mol. The van der Waals surface area contributed by atoms with Crippen LogP contribution in [0.5, 0.6) is 0 Å². The number of amides is 1. The second-order valence-electron chi connectivity index (χ2n) is 6.91. The predicted octanol–water partition coefficient (Wildman–Crippen LogP) is 2.61. The number of fused-ring (bicyclic) bond motifs is 1. The quantitative estimate of drug-likeness (QED) is 0.675. The van der Waals surface area contributed by atoms with Gasteiger partial charge < -0.3 is 20.4 Å². The van der Waals surface area contributed by atoms with Gasteiger partial charge in [0.25, 0.3) is 5.91 Å². The maximum atomic E-state index is 12.7. The molecule has 0 atom stereocenters. The largest absolute Gasteiger partial charge is 0.419 e. The molecule has 0 radical (unpaired) electrons. The number of rotatable bonds is 5. The SMILES string of the molecule is Cc1c(N)ccc(C(=O)Nc2ccc3oc(=O)n(CCN(C)C)c3c2)c1C. The molecule has 1 heterocycles. The molecule has 3 N–H and O–H groups in total. The number of aromatic nitrogens is 1. The third-order valence-corrected chi connectivity index (χ3v) is 4.77. The minimum absolute atomic E-state index is 0.222. The molecule has 0 saturated heterocycles. The van der Waals surface area contributed by atoms with E-state index >= 15 is 0 Å². The van der Waals surface area contributed by atoms with Gasteiger partial charge in [0, 0.05) is 30.0 Å². The van der Waals surface area contributed by atoms with Gasteiger partial charge in [-0.1, -0.05) is 0 Å². The Kier molecular flexibility index (Phi) is 5.05. The Hall–Kier alpha value is -3.06. The second-order valence-corrected chi connectivity index (χ2v) is 6.91. The molecule has 0 saturated carbocycles. The van der Waals surface area contributed by atoms with Crippen molar-refractivity contribution in [3.63, 3.8) is 0 Å². The summed E-state index contributed by atoms with van der Waals surface area (Å²) in [6, 6.07) is 8.62. The van der Waals surface area contributed by atoms with Crippen molar-refractivity contribution < 1.29 is 9.21 Å². The number of hydrogen-bond donors (Lipinski definition) is 2. The molecule has 0 spiro atoms. The van der Waals surface area contributed by atoms with Crippen LogP contribution in [0.4, 0.5) is 11.4 Å². The van der Waals surface area contributed by atoms with E-state index in [0.29, 0.717) is 41.1 Å². The summed E-state index contributed by atoms with van der Waals surface area (Å²) in [6.07, 6.45) is 0. The zero-order valence-electron chi connectivity index (χ0n) is 16.0. The number of carbonyl (C=O) groups excluding carboxylic acids is 1. The van der Waals surface area contributed by atoms with Crippen LogP contribution in [-0.4, -0.2) is 36.0 Å². The fourth-order valence-electron chi connectivity index (χ4n) is 2.94. The van der Waals surface area contributed by atoms with Gasteiger partial charge in [-0.2, -0.15) is 0 Å². The Morgan fingerprint density at radius 1 is 1.19 bits per heavy atom. The van der Waals surface area contributed by atoms with Crippen molar-refractivity contribution >= 4 is 28.4 Å². The first-order valence-electron chi connectivity index (χ1n) is 8.73. The van der Waals surface area contributed by atoms with E-state index in [9.17, 15) is 9.59 Å². The Labute approximate surface area is 157 Å². The van der Waals surface area contributed by atoms with Crippen LogP contribution in [-0.2, 0) is 6.54 Å². The minimum Gasteiger partial charge on any atom is -0.408 e. The molecule has 3 aromatic rings. The van der Waals surface area contributed by atoms with E-state index in [4.69, 9.17) is 10.2 Å². The van der Waals surface area contributed by atoms with Gasteiger partial charge in [0.2, 0.25) is 0 Å². The van der Waals surface area contributed by atoms with E-state index in [1.807, 2.05) is 32.8 Å². The third-order valence-electron chi connectivity index (χ3n) is 4.77. The molecule has 7 nitrogen and oxygen atoms in total. The van der Waals surface area contributed by atoms with E-state index in [-0.39, 0.29) is 5.91 Å². The Morgan fingerprint density at radius 2 is 1.93 bits per heavy atom. The molecule has 1 amide bonds. The van der Waals surface area contributed by atoms with Crippen LogP contribution >= 0.6 is 0 Å². The van der Waals surface area contributed by atoms with E-state index in [0.717, 1.165) is 11.1 Å². The van der Waals surface area contributed by atoms with E-state index in [1.165, 1.54) is 0 Å². The van der Waals surface area contributed by atoms with Crippen LogP contribution in [0.25, 0.3) is 11.1 Å². The normalized spacial score (nSPS) is 11.3. The van der Waals surface area contributed by atoms with Crippen molar-refractivity contribution in [2.24, 2.45) is 0 Å². The standard InChI is InChI=1S/C20H24N4O3/c1-12-13(2)16(21)7-6-15(12)19(25)22-14-5-8-18-17(11-14)24(20(26)27-18)10-9-23(3)4/h5-8,11H,9-10,21H2,1-4H3,(H,22,25). The van der Waals surface area contributed by atoms with Gasteiger partial charge in [0.1, 0.15) is 0 Å². The average Bonchev–Trinajstić information content (AvgIpc) is 2.92. The van der Waals surface area contributed by atoms with E-state index < -0.39 is 5.76 Å². The van der Waals surface area contributed by atoms with Crippen LogP contribution in [0.2, 0.25) is 0 Å². The summed E-state index contributed by atoms with van der Waals surface area (Å²) in [5.41, 5.74) is 10.6. The number of nitrogen functional groups attached to an aromatic ring is 1. The number of nitrogens with two attached hydrogens (primary N) is 1. The van der Waals surface area contributed by atoms with Crippen molar-refractivity contribution in [2.45, 2.75) is 20.4 Å². The summed E-state index contributed by atoms with van der Waals surface area (Å²) >= 11 is 0. The highest BCUT2D eigenvalue weighted by molar-refractivity contribution is 6.06. The highest BCUT2D eigenvalue weighted by Gasteiger charge is 2.14. The van der Waals surface area contributed by atoms with Gasteiger partial charge in [0.05, 0.1) is 5.52 Å². The molecule has 0 unspecified atom stereocenters. The lowest BCUT2D eigenvalue weighted by Gasteiger charge is -2.12. The number of benzene rings is 2. The molecule has 0 fully saturated rings. The zero-order valence-corrected chi connectivity index (χ0v) is 16.0. The number of carbonyl (C=O) groups is 1. The van der Waals surface area contributed by atoms with Gasteiger partial charge in [-0.15, -0.1) is 0 Å². The van der Waals surface area contributed by atoms with Crippen LogP contribution in [0, 0.1) is 13.8 Å². The van der Waals surface area contributed by atoms with Crippen molar-refractivity contribution in [3.8, 4) is 0 Å². The smallest absolute Gasteiger partial charge is 0.408 e. The number of hydrogen-bond acceptors (Lipinski definition) is 5. The van der Waals surface area contributed by atoms with E-state index in [1.54, 1.807) is 34.9 Å². The fourth-order valence-corrected chi connectivity index (χ4v) is 2.94. The summed E-state index contributed by atoms with van der Waals surface area (Å²) in [5, 5.41) is 2.89. The molecule has 0 bridgehead atoms. The summed E-state index contributed by atoms with van der Waals surface area (Å²) < 4.78 is 6.86. The predicted molar refractivity (Wildman–Crippen MR) is 107 cm³/mol. The van der Waals surface area contributed by atoms with Crippen LogP contribution < -0.4 is 16.8 Å².